The maximum Gasteiger partial charge on any atom is 0.313 e. The van der Waals surface area contributed by atoms with Crippen LogP contribution in [0.5, 0.6) is 0 Å². The molecule has 8 heteroatoms. The van der Waals surface area contributed by atoms with Gasteiger partial charge in [0.25, 0.3) is 5.69 Å². The van der Waals surface area contributed by atoms with Crippen LogP contribution in [0, 0.1) is 10.1 Å². The molecule has 0 aromatic heterocycles. The zero-order valence-corrected chi connectivity index (χ0v) is 11.2. The lowest BCUT2D eigenvalue weighted by Crippen LogP contribution is -1.98. The van der Waals surface area contributed by atoms with E-state index in [9.17, 15) is 14.9 Å². The molecule has 1 N–H and O–H groups in total. The number of carbonyl (C=O) groups is 2. The highest BCUT2D eigenvalue weighted by Gasteiger charge is 2.11. The minimum atomic E-state index is -0.889. The van der Waals surface area contributed by atoms with Crippen LogP contribution in [-0.4, -0.2) is 20.7 Å². The molecule has 1 rings (SSSR count). The Morgan fingerprint density at radius 2 is 1.79 bits per heavy atom. The highest BCUT2D eigenvalue weighted by Crippen LogP contribution is 2.19. The Morgan fingerprint density at radius 3 is 2.26 bits per heavy atom. The van der Waals surface area contributed by atoms with Crippen LogP contribution in [0.2, 0.25) is 0 Å². The van der Waals surface area contributed by atoms with E-state index in [2.05, 4.69) is 23.2 Å². The number of nitro groups is 1. The number of halogens is 2. The van der Waals surface area contributed by atoms with Gasteiger partial charge in [0.15, 0.2) is 0 Å². The number of aliphatic carboxylic acids is 1. The fraction of sp³-hybridized carbons (Fsp3) is 0.273. The number of carboxylic acid groups (broad SMARTS) is 1. The summed E-state index contributed by atoms with van der Waals surface area (Å²) < 4.78 is -0.889. The zero-order valence-electron chi connectivity index (χ0n) is 9.71. The number of carboxylic acids is 1. The molecule has 0 radical (unpaired) electrons. The van der Waals surface area contributed by atoms with Crippen molar-refractivity contribution in [3.05, 3.63) is 39.9 Å². The second kappa shape index (κ2) is 9.29. The Morgan fingerprint density at radius 1 is 1.26 bits per heavy atom. The van der Waals surface area contributed by atoms with E-state index in [0.717, 1.165) is 0 Å². The van der Waals surface area contributed by atoms with Crippen molar-refractivity contribution >= 4 is 39.6 Å². The Balaban J connectivity index is 0.000000711. The molecule has 0 amide bonds. The van der Waals surface area contributed by atoms with E-state index < -0.39 is 15.6 Å². The summed E-state index contributed by atoms with van der Waals surface area (Å²) in [5, 5.41) is 19.0. The van der Waals surface area contributed by atoms with Crippen LogP contribution >= 0.6 is 23.2 Å². The first kappa shape index (κ1) is 17.3. The quantitative estimate of drug-likeness (QED) is 0.509. The van der Waals surface area contributed by atoms with Gasteiger partial charge < -0.3 is 5.11 Å². The largest absolute Gasteiger partial charge is 0.481 e. The van der Waals surface area contributed by atoms with Gasteiger partial charge in [-0.2, -0.15) is 0 Å². The van der Waals surface area contributed by atoms with Crippen molar-refractivity contribution in [2.45, 2.75) is 19.3 Å². The number of hydrogen-bond donors (Lipinski definition) is 1. The van der Waals surface area contributed by atoms with Gasteiger partial charge in [-0.1, -0.05) is 18.2 Å². The van der Waals surface area contributed by atoms with Crippen LogP contribution in [0.25, 0.3) is 0 Å². The van der Waals surface area contributed by atoms with E-state index in [0.29, 0.717) is 18.4 Å². The van der Waals surface area contributed by atoms with E-state index in [4.69, 9.17) is 9.90 Å². The van der Waals surface area contributed by atoms with Crippen LogP contribution in [-0.2, 0) is 11.2 Å². The van der Waals surface area contributed by atoms with Crippen molar-refractivity contribution < 1.29 is 19.6 Å². The second-order valence-corrected chi connectivity index (χ2v) is 4.24. The Labute approximate surface area is 119 Å². The van der Waals surface area contributed by atoms with Crippen LogP contribution in [0.4, 0.5) is 10.5 Å². The van der Waals surface area contributed by atoms with Crippen molar-refractivity contribution in [3.8, 4) is 0 Å². The van der Waals surface area contributed by atoms with E-state index in [1.54, 1.807) is 18.2 Å². The van der Waals surface area contributed by atoms with Gasteiger partial charge in [-0.15, -0.1) is 0 Å². The number of nitro benzene ring substituents is 1. The Bertz CT molecular complexity index is 460. The molecule has 0 atom stereocenters. The maximum absolute atomic E-state index is 10.6. The number of benzene rings is 1. The summed E-state index contributed by atoms with van der Waals surface area (Å²) in [6.07, 6.45) is 0.871. The molecule has 0 saturated heterocycles. The molecule has 1 aromatic carbocycles. The van der Waals surface area contributed by atoms with Gasteiger partial charge >= 0.3 is 10.7 Å². The van der Waals surface area contributed by atoms with Gasteiger partial charge in [-0.25, -0.2) is 0 Å². The molecule has 19 heavy (non-hydrogen) atoms. The van der Waals surface area contributed by atoms with E-state index >= 15 is 0 Å². The summed E-state index contributed by atoms with van der Waals surface area (Å²) in [6.45, 7) is 0. The molecule has 0 bridgehead atoms. The Hall–Kier alpha value is -1.66. The van der Waals surface area contributed by atoms with Gasteiger partial charge in [-0.05, 0) is 36.0 Å². The van der Waals surface area contributed by atoms with Gasteiger partial charge in [0.2, 0.25) is 0 Å². The number of para-hydroxylation sites is 1. The van der Waals surface area contributed by atoms with Crippen molar-refractivity contribution in [2.24, 2.45) is 0 Å². The molecule has 0 aliphatic heterocycles. The molecule has 0 aliphatic carbocycles. The first-order chi connectivity index (χ1) is 8.84. The number of carbonyl (C=O) groups excluding carboxylic acids is 1. The predicted molar refractivity (Wildman–Crippen MR) is 70.8 cm³/mol. The lowest BCUT2D eigenvalue weighted by atomic mass is 10.1. The van der Waals surface area contributed by atoms with Crippen molar-refractivity contribution in [3.63, 3.8) is 0 Å². The first-order valence-corrected chi connectivity index (χ1v) is 5.89. The summed E-state index contributed by atoms with van der Waals surface area (Å²) in [7, 11) is 0. The summed E-state index contributed by atoms with van der Waals surface area (Å²) in [6, 6.07) is 6.39. The van der Waals surface area contributed by atoms with E-state index in [1.807, 2.05) is 0 Å². The predicted octanol–water partition coefficient (Wildman–Crippen LogP) is 3.59. The number of nitrogens with zero attached hydrogens (tertiary/aromatic N) is 1. The molecular formula is C11H11Cl2NO5. The third-order valence-corrected chi connectivity index (χ3v) is 2.03. The molecule has 0 saturated carbocycles. The van der Waals surface area contributed by atoms with Crippen LogP contribution < -0.4 is 0 Å². The van der Waals surface area contributed by atoms with Crippen molar-refractivity contribution in [1.29, 1.82) is 0 Å². The highest BCUT2D eigenvalue weighted by molar-refractivity contribution is 6.93. The lowest BCUT2D eigenvalue weighted by Gasteiger charge is -2.00. The normalized spacial score (nSPS) is 9.16. The number of rotatable bonds is 5. The topological polar surface area (TPSA) is 97.5 Å². The van der Waals surface area contributed by atoms with E-state index in [1.165, 1.54) is 6.07 Å². The SMILES string of the molecule is O=C(Cl)Cl.O=C(O)CCCc1ccccc1[N+](=O)[O-]. The summed E-state index contributed by atoms with van der Waals surface area (Å²) >= 11 is 8.80. The molecule has 0 aliphatic rings. The number of hydrogen-bond acceptors (Lipinski definition) is 4. The molecule has 0 unspecified atom stereocenters. The van der Waals surface area contributed by atoms with E-state index in [-0.39, 0.29) is 12.1 Å². The van der Waals surface area contributed by atoms with Crippen LogP contribution in [0.1, 0.15) is 18.4 Å². The fourth-order valence-electron chi connectivity index (χ4n) is 1.33. The van der Waals surface area contributed by atoms with Crippen LogP contribution in [0.15, 0.2) is 24.3 Å². The minimum absolute atomic E-state index is 0.0338. The zero-order chi connectivity index (χ0) is 14.8. The molecule has 6 nitrogen and oxygen atoms in total. The molecule has 1 aromatic rings. The minimum Gasteiger partial charge on any atom is -0.481 e. The maximum atomic E-state index is 10.6. The van der Waals surface area contributed by atoms with Gasteiger partial charge in [0.05, 0.1) is 4.92 Å². The molecule has 0 spiro atoms. The molecular weight excluding hydrogens is 297 g/mol. The average molecular weight is 308 g/mol. The van der Waals surface area contributed by atoms with Gasteiger partial charge in [-0.3, -0.25) is 19.7 Å². The average Bonchev–Trinajstić information content (AvgIpc) is 2.28. The van der Waals surface area contributed by atoms with Crippen LogP contribution in [0.3, 0.4) is 0 Å². The summed E-state index contributed by atoms with van der Waals surface area (Å²) in [4.78, 5) is 29.4. The fourth-order valence-corrected chi connectivity index (χ4v) is 1.33. The monoisotopic (exact) mass is 307 g/mol. The third kappa shape index (κ3) is 8.98. The second-order valence-electron chi connectivity index (χ2n) is 3.36. The summed E-state index contributed by atoms with van der Waals surface area (Å²) in [5.41, 5.74) is 0.645. The molecule has 104 valence electrons. The standard InChI is InChI=1S/C10H11NO4.CCl2O/c12-10(13)7-3-5-8-4-1-2-6-9(8)11(14)15;2-1(3)4/h1-2,4,6H,3,5,7H2,(H,12,13);. The third-order valence-electron chi connectivity index (χ3n) is 2.03. The lowest BCUT2D eigenvalue weighted by molar-refractivity contribution is -0.385. The number of aryl methyl sites for hydroxylation is 1. The molecule has 0 heterocycles. The van der Waals surface area contributed by atoms with Gasteiger partial charge in [0.1, 0.15) is 0 Å². The Kier molecular flexibility index (Phi) is 8.48. The summed E-state index contributed by atoms with van der Waals surface area (Å²) in [5.74, 6) is -0.881. The smallest absolute Gasteiger partial charge is 0.313 e. The first-order valence-electron chi connectivity index (χ1n) is 5.13. The van der Waals surface area contributed by atoms with Crippen molar-refractivity contribution in [1.82, 2.24) is 0 Å². The highest BCUT2D eigenvalue weighted by atomic mass is 35.5. The van der Waals surface area contributed by atoms with Crippen molar-refractivity contribution in [2.75, 3.05) is 0 Å². The van der Waals surface area contributed by atoms with Gasteiger partial charge in [0, 0.05) is 18.1 Å². The molecule has 0 fully saturated rings.